The molecule has 1 atom stereocenters. The predicted molar refractivity (Wildman–Crippen MR) is 105 cm³/mol. The highest BCUT2D eigenvalue weighted by Crippen LogP contribution is 2.16. The van der Waals surface area contributed by atoms with Gasteiger partial charge in [-0.15, -0.1) is 0 Å². The van der Waals surface area contributed by atoms with Crippen molar-refractivity contribution in [2.24, 2.45) is 0 Å². The Morgan fingerprint density at radius 1 is 1.00 bits per heavy atom. The third kappa shape index (κ3) is 6.17. The first-order chi connectivity index (χ1) is 12.5. The van der Waals surface area contributed by atoms with Crippen LogP contribution in [0.15, 0.2) is 48.5 Å². The van der Waals surface area contributed by atoms with Gasteiger partial charge in [-0.05, 0) is 42.7 Å². The minimum atomic E-state index is -0.245. The molecule has 3 N–H and O–H groups in total. The lowest BCUT2D eigenvalue weighted by Crippen LogP contribution is -2.39. The van der Waals surface area contributed by atoms with Gasteiger partial charge in [0, 0.05) is 16.8 Å². The molecule has 0 aliphatic heterocycles. The van der Waals surface area contributed by atoms with E-state index in [-0.39, 0.29) is 30.9 Å². The van der Waals surface area contributed by atoms with Crippen molar-refractivity contribution < 1.29 is 9.59 Å². The second-order valence-electron chi connectivity index (χ2n) is 5.99. The Hall–Kier alpha value is -2.37. The lowest BCUT2D eigenvalue weighted by Gasteiger charge is -2.14. The molecule has 0 saturated heterocycles. The van der Waals surface area contributed by atoms with Gasteiger partial charge >= 0.3 is 0 Å². The van der Waals surface area contributed by atoms with Crippen LogP contribution in [-0.4, -0.2) is 24.9 Å². The number of rotatable bonds is 8. The van der Waals surface area contributed by atoms with E-state index in [9.17, 15) is 9.59 Å². The molecule has 0 saturated carbocycles. The van der Waals surface area contributed by atoms with E-state index in [1.54, 1.807) is 0 Å². The maximum Gasteiger partial charge on any atom is 0.243 e. The summed E-state index contributed by atoms with van der Waals surface area (Å²) in [6, 6.07) is 15.1. The Morgan fingerprint density at radius 2 is 1.69 bits per heavy atom. The van der Waals surface area contributed by atoms with Crippen molar-refractivity contribution in [1.82, 2.24) is 10.6 Å². The number of hydrogen-bond donors (Lipinski definition) is 3. The molecule has 0 unspecified atom stereocenters. The zero-order chi connectivity index (χ0) is 18.9. The fourth-order valence-corrected chi connectivity index (χ4v) is 2.63. The monoisotopic (exact) mass is 373 g/mol. The molecule has 2 rings (SSSR count). The highest BCUT2D eigenvalue weighted by molar-refractivity contribution is 6.30. The number of anilines is 1. The summed E-state index contributed by atoms with van der Waals surface area (Å²) in [5, 5.41) is 9.25. The molecule has 0 spiro atoms. The van der Waals surface area contributed by atoms with Crippen LogP contribution in [0.4, 0.5) is 5.69 Å². The first-order valence-corrected chi connectivity index (χ1v) is 9.00. The highest BCUT2D eigenvalue weighted by atomic mass is 35.5. The van der Waals surface area contributed by atoms with Crippen molar-refractivity contribution in [1.29, 1.82) is 0 Å². The Bertz CT molecular complexity index is 747. The van der Waals surface area contributed by atoms with Crippen molar-refractivity contribution in [3.8, 4) is 0 Å². The number of hydrogen-bond acceptors (Lipinski definition) is 3. The van der Waals surface area contributed by atoms with Gasteiger partial charge in [-0.1, -0.05) is 48.9 Å². The number of carbonyl (C=O) groups excluding carboxylic acids is 2. The van der Waals surface area contributed by atoms with Gasteiger partial charge in [0.2, 0.25) is 11.8 Å². The Labute approximate surface area is 159 Å². The average Bonchev–Trinajstić information content (AvgIpc) is 2.65. The number of benzene rings is 2. The van der Waals surface area contributed by atoms with Crippen LogP contribution in [0.3, 0.4) is 0 Å². The molecule has 2 aromatic carbocycles. The van der Waals surface area contributed by atoms with E-state index in [0.717, 1.165) is 23.2 Å². The van der Waals surface area contributed by atoms with Gasteiger partial charge in [-0.2, -0.15) is 0 Å². The summed E-state index contributed by atoms with van der Waals surface area (Å²) in [6.45, 7) is 4.06. The third-order valence-electron chi connectivity index (χ3n) is 4.06. The molecule has 0 heterocycles. The Morgan fingerprint density at radius 3 is 2.38 bits per heavy atom. The maximum absolute atomic E-state index is 12.0. The minimum absolute atomic E-state index is 0.00303. The molecule has 2 amide bonds. The lowest BCUT2D eigenvalue weighted by molar-refractivity contribution is -0.123. The van der Waals surface area contributed by atoms with E-state index in [2.05, 4.69) is 16.0 Å². The largest absolute Gasteiger partial charge is 0.346 e. The zero-order valence-corrected chi connectivity index (χ0v) is 15.8. The summed E-state index contributed by atoms with van der Waals surface area (Å²) in [4.78, 5) is 24.0. The first-order valence-electron chi connectivity index (χ1n) is 8.63. The standard InChI is InChI=1S/C20H24ClN3O2/c1-3-15-6-4-5-7-18(15)24-20(26)13-23-19(25)12-22-14(2)16-8-10-17(21)11-9-16/h4-11,14,22H,3,12-13H2,1-2H3,(H,23,25)(H,24,26)/t14-/m0/s1. The van der Waals surface area contributed by atoms with E-state index in [4.69, 9.17) is 11.6 Å². The van der Waals surface area contributed by atoms with E-state index in [0.29, 0.717) is 5.02 Å². The quantitative estimate of drug-likeness (QED) is 0.664. The van der Waals surface area contributed by atoms with Crippen molar-refractivity contribution in [3.05, 3.63) is 64.7 Å². The van der Waals surface area contributed by atoms with E-state index in [1.807, 2.05) is 62.4 Å². The minimum Gasteiger partial charge on any atom is -0.346 e. The van der Waals surface area contributed by atoms with Crippen molar-refractivity contribution in [2.45, 2.75) is 26.3 Å². The van der Waals surface area contributed by atoms with Crippen LogP contribution in [0.1, 0.15) is 31.0 Å². The number of nitrogens with one attached hydrogen (secondary N) is 3. The van der Waals surface area contributed by atoms with Gasteiger partial charge in [0.1, 0.15) is 0 Å². The summed E-state index contributed by atoms with van der Waals surface area (Å²) in [5.41, 5.74) is 2.88. The molecular formula is C20H24ClN3O2. The molecule has 2 aromatic rings. The number of halogens is 1. The van der Waals surface area contributed by atoms with Gasteiger partial charge in [-0.25, -0.2) is 0 Å². The van der Waals surface area contributed by atoms with Gasteiger partial charge in [0.15, 0.2) is 0 Å². The van der Waals surface area contributed by atoms with Crippen LogP contribution in [0.5, 0.6) is 0 Å². The van der Waals surface area contributed by atoms with Gasteiger partial charge in [0.05, 0.1) is 13.1 Å². The molecule has 138 valence electrons. The van der Waals surface area contributed by atoms with Crippen molar-refractivity contribution >= 4 is 29.1 Å². The molecule has 0 aromatic heterocycles. The molecule has 0 aliphatic rings. The summed E-state index contributed by atoms with van der Waals surface area (Å²) in [7, 11) is 0. The fourth-order valence-electron chi connectivity index (χ4n) is 2.50. The topological polar surface area (TPSA) is 70.2 Å². The van der Waals surface area contributed by atoms with E-state index < -0.39 is 0 Å². The number of para-hydroxylation sites is 1. The Balaban J connectivity index is 1.74. The second kappa shape index (κ2) is 9.94. The number of aryl methyl sites for hydroxylation is 1. The molecule has 0 aliphatic carbocycles. The first kappa shape index (κ1) is 19.9. The third-order valence-corrected chi connectivity index (χ3v) is 4.31. The van der Waals surface area contributed by atoms with E-state index >= 15 is 0 Å². The fraction of sp³-hybridized carbons (Fsp3) is 0.300. The van der Waals surface area contributed by atoms with Gasteiger partial charge in [0.25, 0.3) is 0 Å². The van der Waals surface area contributed by atoms with E-state index in [1.165, 1.54) is 0 Å². The molecule has 0 bridgehead atoms. The molecule has 6 heteroatoms. The SMILES string of the molecule is CCc1ccccc1NC(=O)CNC(=O)CN[C@@H](C)c1ccc(Cl)cc1. The number of amides is 2. The van der Waals surface area contributed by atoms with Crippen LogP contribution in [0, 0.1) is 0 Å². The zero-order valence-electron chi connectivity index (χ0n) is 15.0. The second-order valence-corrected chi connectivity index (χ2v) is 6.43. The molecule has 5 nitrogen and oxygen atoms in total. The highest BCUT2D eigenvalue weighted by Gasteiger charge is 2.10. The normalized spacial score (nSPS) is 11.7. The predicted octanol–water partition coefficient (Wildman–Crippen LogP) is 3.31. The van der Waals surface area contributed by atoms with Crippen LogP contribution in [0.25, 0.3) is 0 Å². The van der Waals surface area contributed by atoms with Crippen LogP contribution in [0.2, 0.25) is 5.02 Å². The average molecular weight is 374 g/mol. The van der Waals surface area contributed by atoms with Crippen LogP contribution >= 0.6 is 11.6 Å². The van der Waals surface area contributed by atoms with Gasteiger partial charge < -0.3 is 16.0 Å². The van der Waals surface area contributed by atoms with Crippen molar-refractivity contribution in [2.75, 3.05) is 18.4 Å². The molecular weight excluding hydrogens is 350 g/mol. The van der Waals surface area contributed by atoms with Crippen LogP contribution in [-0.2, 0) is 16.0 Å². The summed E-state index contributed by atoms with van der Waals surface area (Å²) >= 11 is 5.87. The summed E-state index contributed by atoms with van der Waals surface area (Å²) in [5.74, 6) is -0.477. The Kier molecular flexibility index (Phi) is 7.63. The molecule has 0 fully saturated rings. The van der Waals surface area contributed by atoms with Crippen LogP contribution < -0.4 is 16.0 Å². The summed E-state index contributed by atoms with van der Waals surface area (Å²) < 4.78 is 0. The summed E-state index contributed by atoms with van der Waals surface area (Å²) in [6.07, 6.45) is 0.829. The lowest BCUT2D eigenvalue weighted by atomic mass is 10.1. The van der Waals surface area contributed by atoms with Crippen molar-refractivity contribution in [3.63, 3.8) is 0 Å². The maximum atomic E-state index is 12.0. The molecule has 0 radical (unpaired) electrons. The smallest absolute Gasteiger partial charge is 0.243 e. The molecule has 26 heavy (non-hydrogen) atoms. The van der Waals surface area contributed by atoms with Gasteiger partial charge in [-0.3, -0.25) is 9.59 Å². The number of carbonyl (C=O) groups is 2.